The second-order valence-electron chi connectivity index (χ2n) is 6.50. The zero-order valence-corrected chi connectivity index (χ0v) is 12.3. The zero-order chi connectivity index (χ0) is 13.5. The van der Waals surface area contributed by atoms with Crippen LogP contribution in [0.1, 0.15) is 47.9 Å². The molecule has 0 heterocycles. The molecule has 0 unspecified atom stereocenters. The zero-order valence-electron chi connectivity index (χ0n) is 12.3. The normalized spacial score (nSPS) is 20.6. The number of allylic oxidation sites excluding steroid dienone is 5. The van der Waals surface area contributed by atoms with Crippen molar-refractivity contribution >= 4 is 6.08 Å². The van der Waals surface area contributed by atoms with E-state index in [1.54, 1.807) is 16.7 Å². The van der Waals surface area contributed by atoms with Gasteiger partial charge in [0, 0.05) is 0 Å². The van der Waals surface area contributed by atoms with Crippen LogP contribution in [-0.4, -0.2) is 0 Å². The molecule has 102 valence electrons. The largest absolute Gasteiger partial charge is 0.0795 e. The highest BCUT2D eigenvalue weighted by Crippen LogP contribution is 2.37. The fourth-order valence-electron chi connectivity index (χ4n) is 4.04. The van der Waals surface area contributed by atoms with E-state index in [4.69, 9.17) is 0 Å². The van der Waals surface area contributed by atoms with E-state index in [1.165, 1.54) is 48.8 Å². The van der Waals surface area contributed by atoms with Crippen LogP contribution in [0, 0.1) is 12.8 Å². The number of aryl methyl sites for hydroxylation is 1. The Kier molecular flexibility index (Phi) is 2.91. The molecule has 3 aliphatic carbocycles. The predicted octanol–water partition coefficient (Wildman–Crippen LogP) is 5.16. The summed E-state index contributed by atoms with van der Waals surface area (Å²) in [6.07, 6.45) is 17.4. The van der Waals surface area contributed by atoms with Crippen LogP contribution in [0.15, 0.2) is 41.5 Å². The number of rotatable bonds is 2. The van der Waals surface area contributed by atoms with Gasteiger partial charge in [0.05, 0.1) is 0 Å². The van der Waals surface area contributed by atoms with Gasteiger partial charge >= 0.3 is 0 Å². The van der Waals surface area contributed by atoms with E-state index in [9.17, 15) is 0 Å². The van der Waals surface area contributed by atoms with E-state index < -0.39 is 0 Å². The Morgan fingerprint density at radius 3 is 2.55 bits per heavy atom. The first-order valence-corrected chi connectivity index (χ1v) is 8.01. The molecule has 0 N–H and O–H groups in total. The molecule has 0 atom stereocenters. The smallest absolute Gasteiger partial charge is 0.000101 e. The molecule has 4 rings (SSSR count). The van der Waals surface area contributed by atoms with Gasteiger partial charge in [0.15, 0.2) is 0 Å². The Labute approximate surface area is 121 Å². The van der Waals surface area contributed by atoms with Gasteiger partial charge in [-0.25, -0.2) is 0 Å². The average molecular weight is 262 g/mol. The van der Waals surface area contributed by atoms with Crippen LogP contribution in [0.3, 0.4) is 0 Å². The van der Waals surface area contributed by atoms with Crippen molar-refractivity contribution in [3.05, 3.63) is 63.8 Å². The molecule has 0 spiro atoms. The summed E-state index contributed by atoms with van der Waals surface area (Å²) in [6.45, 7) is 2.24. The summed E-state index contributed by atoms with van der Waals surface area (Å²) >= 11 is 0. The number of fused-ring (bicyclic) bond motifs is 2. The van der Waals surface area contributed by atoms with Crippen LogP contribution in [0.4, 0.5) is 0 Å². The molecular weight excluding hydrogens is 240 g/mol. The molecule has 1 fully saturated rings. The third-order valence-electron chi connectivity index (χ3n) is 5.13. The van der Waals surface area contributed by atoms with Gasteiger partial charge < -0.3 is 0 Å². The van der Waals surface area contributed by atoms with Crippen molar-refractivity contribution < 1.29 is 0 Å². The third-order valence-corrected chi connectivity index (χ3v) is 5.13. The molecule has 1 saturated carbocycles. The van der Waals surface area contributed by atoms with Gasteiger partial charge in [0.1, 0.15) is 0 Å². The van der Waals surface area contributed by atoms with Gasteiger partial charge in [-0.05, 0) is 84.8 Å². The van der Waals surface area contributed by atoms with Crippen molar-refractivity contribution in [2.45, 2.75) is 45.4 Å². The Hall–Kier alpha value is -1.56. The molecule has 0 radical (unpaired) electrons. The van der Waals surface area contributed by atoms with E-state index in [1.807, 2.05) is 0 Å². The van der Waals surface area contributed by atoms with Gasteiger partial charge in [-0.3, -0.25) is 0 Å². The molecule has 0 aromatic heterocycles. The monoisotopic (exact) mass is 262 g/mol. The SMILES string of the molecule is Cc1ccc(CC2C=C3CCCCC3=C2)c2c1CC=C2. The van der Waals surface area contributed by atoms with E-state index in [-0.39, 0.29) is 0 Å². The molecule has 20 heavy (non-hydrogen) atoms. The van der Waals surface area contributed by atoms with Crippen molar-refractivity contribution in [2.24, 2.45) is 5.92 Å². The van der Waals surface area contributed by atoms with Crippen molar-refractivity contribution in [1.29, 1.82) is 0 Å². The van der Waals surface area contributed by atoms with Crippen LogP contribution >= 0.6 is 0 Å². The average Bonchev–Trinajstić information content (AvgIpc) is 3.08. The summed E-state index contributed by atoms with van der Waals surface area (Å²) in [7, 11) is 0. The molecular formula is C20H22. The summed E-state index contributed by atoms with van der Waals surface area (Å²) in [5.41, 5.74) is 9.36. The fourth-order valence-corrected chi connectivity index (χ4v) is 4.04. The first-order chi connectivity index (χ1) is 9.81. The Bertz CT molecular complexity index is 618. The molecule has 0 bridgehead atoms. The van der Waals surface area contributed by atoms with Crippen molar-refractivity contribution in [2.75, 3.05) is 0 Å². The standard InChI is InChI=1S/C20H22/c1-14-9-10-18(20-8-4-7-19(14)20)13-15-11-16-5-2-3-6-17(16)12-15/h4,8-12,15H,2-3,5-7,13H2,1H3. The fraction of sp³-hybridized carbons (Fsp3) is 0.400. The number of hydrogen-bond donors (Lipinski definition) is 0. The summed E-state index contributed by atoms with van der Waals surface area (Å²) in [6, 6.07) is 4.66. The van der Waals surface area contributed by atoms with E-state index in [2.05, 4.69) is 43.4 Å². The van der Waals surface area contributed by atoms with E-state index in [0.29, 0.717) is 5.92 Å². The van der Waals surface area contributed by atoms with E-state index >= 15 is 0 Å². The minimum Gasteiger partial charge on any atom is -0.0795 e. The van der Waals surface area contributed by atoms with Gasteiger partial charge in [-0.15, -0.1) is 0 Å². The lowest BCUT2D eigenvalue weighted by Crippen LogP contribution is -2.00. The Balaban J connectivity index is 1.62. The molecule has 3 aliphatic rings. The van der Waals surface area contributed by atoms with Gasteiger partial charge in [-0.1, -0.05) is 36.4 Å². The lowest BCUT2D eigenvalue weighted by Gasteiger charge is -2.13. The van der Waals surface area contributed by atoms with Crippen LogP contribution < -0.4 is 0 Å². The predicted molar refractivity (Wildman–Crippen MR) is 85.7 cm³/mol. The number of hydrogen-bond acceptors (Lipinski definition) is 0. The van der Waals surface area contributed by atoms with Gasteiger partial charge in [0.25, 0.3) is 0 Å². The summed E-state index contributed by atoms with van der Waals surface area (Å²) in [5.74, 6) is 0.638. The Morgan fingerprint density at radius 2 is 1.80 bits per heavy atom. The van der Waals surface area contributed by atoms with Crippen molar-refractivity contribution in [3.63, 3.8) is 0 Å². The van der Waals surface area contributed by atoms with E-state index in [0.717, 1.165) is 6.42 Å². The molecule has 0 heteroatoms. The van der Waals surface area contributed by atoms with Crippen LogP contribution in [0.5, 0.6) is 0 Å². The maximum absolute atomic E-state index is 2.54. The highest BCUT2D eigenvalue weighted by atomic mass is 14.3. The van der Waals surface area contributed by atoms with Crippen molar-refractivity contribution in [1.82, 2.24) is 0 Å². The first-order valence-electron chi connectivity index (χ1n) is 8.01. The quantitative estimate of drug-likeness (QED) is 0.690. The lowest BCUT2D eigenvalue weighted by atomic mass is 9.92. The first kappa shape index (κ1) is 12.2. The molecule has 0 amide bonds. The molecule has 0 aliphatic heterocycles. The van der Waals surface area contributed by atoms with Crippen LogP contribution in [0.25, 0.3) is 6.08 Å². The summed E-state index contributed by atoms with van der Waals surface area (Å²) < 4.78 is 0. The highest BCUT2D eigenvalue weighted by molar-refractivity contribution is 5.65. The second kappa shape index (κ2) is 4.77. The Morgan fingerprint density at radius 1 is 1.05 bits per heavy atom. The van der Waals surface area contributed by atoms with Crippen molar-refractivity contribution in [3.8, 4) is 0 Å². The molecule has 1 aromatic carbocycles. The minimum absolute atomic E-state index is 0.638. The maximum Gasteiger partial charge on any atom is -0.000101 e. The molecule has 0 saturated heterocycles. The van der Waals surface area contributed by atoms with Crippen LogP contribution in [-0.2, 0) is 12.8 Å². The third kappa shape index (κ3) is 1.98. The summed E-state index contributed by atoms with van der Waals surface area (Å²) in [5, 5.41) is 0. The van der Waals surface area contributed by atoms with Gasteiger partial charge in [-0.2, -0.15) is 0 Å². The van der Waals surface area contributed by atoms with Gasteiger partial charge in [0.2, 0.25) is 0 Å². The maximum atomic E-state index is 2.54. The molecule has 0 nitrogen and oxygen atoms in total. The summed E-state index contributed by atoms with van der Waals surface area (Å²) in [4.78, 5) is 0. The minimum atomic E-state index is 0.638. The van der Waals surface area contributed by atoms with Crippen LogP contribution in [0.2, 0.25) is 0 Å². The lowest BCUT2D eigenvalue weighted by molar-refractivity contribution is 0.682. The topological polar surface area (TPSA) is 0 Å². The second-order valence-corrected chi connectivity index (χ2v) is 6.50. The molecule has 1 aromatic rings. The highest BCUT2D eigenvalue weighted by Gasteiger charge is 2.21. The number of benzene rings is 1.